The largest absolute Gasteiger partial charge is 0.481 e. The Balaban J connectivity index is 1.52. The fraction of sp³-hybridized carbons (Fsp3) is 0.500. The monoisotopic (exact) mass is 330 g/mol. The maximum Gasteiger partial charge on any atom is 0.350 e. The molecule has 126 valence electrons. The molecule has 2 fully saturated rings. The van der Waals surface area contributed by atoms with E-state index in [-0.39, 0.29) is 30.6 Å². The van der Waals surface area contributed by atoms with Crippen molar-refractivity contribution in [3.63, 3.8) is 0 Å². The van der Waals surface area contributed by atoms with E-state index in [1.165, 1.54) is 4.40 Å². The third kappa shape index (κ3) is 2.47. The Bertz CT molecular complexity index is 866. The molecule has 0 radical (unpaired) electrons. The van der Waals surface area contributed by atoms with E-state index in [0.29, 0.717) is 18.1 Å². The van der Waals surface area contributed by atoms with Crippen molar-refractivity contribution in [1.82, 2.24) is 19.1 Å². The molecule has 1 aliphatic heterocycles. The fourth-order valence-corrected chi connectivity index (χ4v) is 3.60. The Hall–Kier alpha value is -2.64. The topological polar surface area (TPSA) is 96.9 Å². The molecule has 0 bridgehead atoms. The van der Waals surface area contributed by atoms with Crippen LogP contribution < -0.4 is 5.69 Å². The van der Waals surface area contributed by atoms with Crippen molar-refractivity contribution in [2.75, 3.05) is 13.1 Å². The lowest BCUT2D eigenvalue weighted by Crippen LogP contribution is -2.36. The van der Waals surface area contributed by atoms with Gasteiger partial charge in [-0.1, -0.05) is 6.07 Å². The Kier molecular flexibility index (Phi) is 3.40. The van der Waals surface area contributed by atoms with Crippen LogP contribution in [-0.2, 0) is 16.1 Å². The second kappa shape index (κ2) is 5.47. The van der Waals surface area contributed by atoms with E-state index in [1.54, 1.807) is 29.3 Å². The Morgan fingerprint density at radius 1 is 1.25 bits per heavy atom. The predicted octanol–water partition coefficient (Wildman–Crippen LogP) is 0.0652. The first-order valence-corrected chi connectivity index (χ1v) is 8.09. The first kappa shape index (κ1) is 14.9. The molecule has 0 unspecified atom stereocenters. The maximum atomic E-state index is 12.5. The molecule has 8 heteroatoms. The SMILES string of the molecule is O=C(O)[C@H]1CN(C(=O)Cn2nc3ccccn3c2=O)C[C@@H]1C1CC1. The van der Waals surface area contributed by atoms with Gasteiger partial charge in [-0.3, -0.25) is 14.0 Å². The molecule has 4 rings (SSSR count). The smallest absolute Gasteiger partial charge is 0.350 e. The van der Waals surface area contributed by atoms with Crippen LogP contribution in [0.2, 0.25) is 0 Å². The number of likely N-dealkylation sites (tertiary alicyclic amines) is 1. The Labute approximate surface area is 137 Å². The number of pyridine rings is 1. The molecule has 3 heterocycles. The number of nitrogens with zero attached hydrogens (tertiary/aromatic N) is 4. The number of amides is 1. The van der Waals surface area contributed by atoms with Crippen LogP contribution >= 0.6 is 0 Å². The highest BCUT2D eigenvalue weighted by molar-refractivity contribution is 5.79. The summed E-state index contributed by atoms with van der Waals surface area (Å²) in [5.74, 6) is -1.15. The molecule has 24 heavy (non-hydrogen) atoms. The van der Waals surface area contributed by atoms with Crippen LogP contribution in [0.5, 0.6) is 0 Å². The summed E-state index contributed by atoms with van der Waals surface area (Å²) in [5, 5.41) is 13.5. The van der Waals surface area contributed by atoms with Gasteiger partial charge in [0.15, 0.2) is 5.65 Å². The number of hydrogen-bond acceptors (Lipinski definition) is 4. The van der Waals surface area contributed by atoms with Crippen molar-refractivity contribution < 1.29 is 14.7 Å². The highest BCUT2D eigenvalue weighted by Crippen LogP contribution is 2.44. The van der Waals surface area contributed by atoms with E-state index >= 15 is 0 Å². The highest BCUT2D eigenvalue weighted by atomic mass is 16.4. The van der Waals surface area contributed by atoms with Crippen LogP contribution in [-0.4, -0.2) is 49.2 Å². The molecule has 2 aliphatic rings. The molecule has 1 aliphatic carbocycles. The quantitative estimate of drug-likeness (QED) is 0.855. The van der Waals surface area contributed by atoms with Crippen LogP contribution in [0.25, 0.3) is 5.65 Å². The number of carboxylic acid groups (broad SMARTS) is 1. The molecular weight excluding hydrogens is 312 g/mol. The third-order valence-corrected chi connectivity index (χ3v) is 5.04. The molecule has 0 aromatic carbocycles. The van der Waals surface area contributed by atoms with Gasteiger partial charge in [0.25, 0.3) is 0 Å². The van der Waals surface area contributed by atoms with Gasteiger partial charge < -0.3 is 10.0 Å². The van der Waals surface area contributed by atoms with E-state index in [2.05, 4.69) is 5.10 Å². The lowest BCUT2D eigenvalue weighted by atomic mass is 9.92. The van der Waals surface area contributed by atoms with Crippen molar-refractivity contribution in [2.45, 2.75) is 19.4 Å². The average molecular weight is 330 g/mol. The molecule has 0 spiro atoms. The van der Waals surface area contributed by atoms with Crippen molar-refractivity contribution >= 4 is 17.5 Å². The molecule has 1 saturated carbocycles. The zero-order valence-corrected chi connectivity index (χ0v) is 13.0. The van der Waals surface area contributed by atoms with Crippen LogP contribution in [0.15, 0.2) is 29.2 Å². The predicted molar refractivity (Wildman–Crippen MR) is 83.4 cm³/mol. The second-order valence-electron chi connectivity index (χ2n) is 6.61. The summed E-state index contributed by atoms with van der Waals surface area (Å²) in [6.45, 7) is 0.518. The minimum Gasteiger partial charge on any atom is -0.481 e. The van der Waals surface area contributed by atoms with Crippen molar-refractivity contribution in [1.29, 1.82) is 0 Å². The lowest BCUT2D eigenvalue weighted by Gasteiger charge is -2.15. The van der Waals surface area contributed by atoms with E-state index < -0.39 is 11.9 Å². The lowest BCUT2D eigenvalue weighted by molar-refractivity contribution is -0.142. The number of carbonyl (C=O) groups is 2. The second-order valence-corrected chi connectivity index (χ2v) is 6.61. The number of aliphatic carboxylic acids is 1. The summed E-state index contributed by atoms with van der Waals surface area (Å²) in [5.41, 5.74) is 0.114. The van der Waals surface area contributed by atoms with Gasteiger partial charge in [-0.15, -0.1) is 5.10 Å². The van der Waals surface area contributed by atoms with Gasteiger partial charge >= 0.3 is 11.7 Å². The van der Waals surface area contributed by atoms with Gasteiger partial charge in [0, 0.05) is 19.3 Å². The molecular formula is C16H18N4O4. The van der Waals surface area contributed by atoms with Gasteiger partial charge in [-0.05, 0) is 36.8 Å². The summed E-state index contributed by atoms with van der Waals surface area (Å²) in [6.07, 6.45) is 3.69. The zero-order chi connectivity index (χ0) is 16.8. The molecule has 2 aromatic rings. The first-order valence-electron chi connectivity index (χ1n) is 8.09. The standard InChI is InChI=1S/C16H18N4O4/c21-14(9-20-16(24)19-6-2-1-3-13(19)17-20)18-7-11(10-4-5-10)12(8-18)15(22)23/h1-3,6,10-12H,4-5,7-9H2,(H,22,23)/t11-,12+/m1/s1. The molecule has 8 nitrogen and oxygen atoms in total. The number of aromatic nitrogens is 3. The fourth-order valence-electron chi connectivity index (χ4n) is 3.60. The van der Waals surface area contributed by atoms with Crippen molar-refractivity contribution in [3.8, 4) is 0 Å². The van der Waals surface area contributed by atoms with Crippen LogP contribution in [0.1, 0.15) is 12.8 Å². The Morgan fingerprint density at radius 3 is 2.71 bits per heavy atom. The molecule has 1 N–H and O–H groups in total. The molecule has 1 amide bonds. The van der Waals surface area contributed by atoms with Crippen molar-refractivity contribution in [3.05, 3.63) is 34.9 Å². The Morgan fingerprint density at radius 2 is 2.04 bits per heavy atom. The van der Waals surface area contributed by atoms with E-state index in [0.717, 1.165) is 17.5 Å². The highest BCUT2D eigenvalue weighted by Gasteiger charge is 2.46. The average Bonchev–Trinajstić information content (AvgIpc) is 3.23. The number of rotatable bonds is 4. The third-order valence-electron chi connectivity index (χ3n) is 5.04. The summed E-state index contributed by atoms with van der Waals surface area (Å²) in [4.78, 5) is 37.8. The number of carboxylic acids is 1. The van der Waals surface area contributed by atoms with Crippen LogP contribution in [0, 0.1) is 17.8 Å². The zero-order valence-electron chi connectivity index (χ0n) is 13.0. The molecule has 2 aromatic heterocycles. The first-order chi connectivity index (χ1) is 11.5. The van der Waals surface area contributed by atoms with Crippen molar-refractivity contribution in [2.24, 2.45) is 17.8 Å². The minimum absolute atomic E-state index is 0.0317. The maximum absolute atomic E-state index is 12.5. The van der Waals surface area contributed by atoms with Crippen LogP contribution in [0.3, 0.4) is 0 Å². The van der Waals surface area contributed by atoms with Crippen LogP contribution in [0.4, 0.5) is 0 Å². The van der Waals surface area contributed by atoms with E-state index in [9.17, 15) is 19.5 Å². The summed E-state index contributed by atoms with van der Waals surface area (Å²) in [7, 11) is 0. The number of hydrogen-bond donors (Lipinski definition) is 1. The van der Waals surface area contributed by atoms with E-state index in [1.807, 2.05) is 0 Å². The normalized spacial score (nSPS) is 23.8. The van der Waals surface area contributed by atoms with Gasteiger partial charge in [0.05, 0.1) is 5.92 Å². The number of fused-ring (bicyclic) bond motifs is 1. The minimum atomic E-state index is -0.841. The summed E-state index contributed by atoms with van der Waals surface area (Å²) >= 11 is 0. The van der Waals surface area contributed by atoms with Gasteiger partial charge in [-0.2, -0.15) is 0 Å². The molecule has 1 saturated heterocycles. The summed E-state index contributed by atoms with van der Waals surface area (Å²) < 4.78 is 2.52. The van der Waals surface area contributed by atoms with Gasteiger partial charge in [0.1, 0.15) is 6.54 Å². The van der Waals surface area contributed by atoms with E-state index in [4.69, 9.17) is 0 Å². The molecule has 2 atom stereocenters. The summed E-state index contributed by atoms with van der Waals surface area (Å²) in [6, 6.07) is 5.19. The van der Waals surface area contributed by atoms with Gasteiger partial charge in [-0.25, -0.2) is 9.48 Å². The number of carbonyl (C=O) groups excluding carboxylic acids is 1. The van der Waals surface area contributed by atoms with Gasteiger partial charge in [0.2, 0.25) is 5.91 Å².